The molecule has 108 valence electrons. The largest absolute Gasteiger partial charge is 0.339 e. The molecule has 4 aliphatic rings. The fourth-order valence-electron chi connectivity index (χ4n) is 5.26. The van der Waals surface area contributed by atoms with Gasteiger partial charge < -0.3 is 4.90 Å². The molecule has 4 atom stereocenters. The van der Waals surface area contributed by atoms with E-state index in [4.69, 9.17) is 0 Å². The number of carbonyl (C=O) groups is 1. The van der Waals surface area contributed by atoms with Gasteiger partial charge in [0, 0.05) is 25.0 Å². The average Bonchev–Trinajstić information content (AvgIpc) is 2.41. The van der Waals surface area contributed by atoms with Crippen LogP contribution in [0.3, 0.4) is 0 Å². The molecular formula is C15H25IN2O. The maximum atomic E-state index is 12.2. The zero-order valence-electron chi connectivity index (χ0n) is 11.6. The van der Waals surface area contributed by atoms with Gasteiger partial charge in [0.15, 0.2) is 0 Å². The third-order valence-corrected chi connectivity index (χ3v) is 5.88. The lowest BCUT2D eigenvalue weighted by molar-refractivity contribution is -0.150. The third kappa shape index (κ3) is 2.23. The average molecular weight is 376 g/mol. The SMILES string of the molecule is I.O=C1CCCC2C3CCCN4CCCC(CN12)C34. The molecule has 4 rings (SSSR count). The Bertz CT molecular complexity index is 360. The van der Waals surface area contributed by atoms with Gasteiger partial charge in [-0.2, -0.15) is 0 Å². The molecule has 0 aromatic carbocycles. The Morgan fingerprint density at radius 1 is 1.00 bits per heavy atom. The summed E-state index contributed by atoms with van der Waals surface area (Å²) in [5.41, 5.74) is 0. The Hall–Kier alpha value is 0.160. The van der Waals surface area contributed by atoms with E-state index in [0.717, 1.165) is 37.3 Å². The molecule has 0 radical (unpaired) electrons. The van der Waals surface area contributed by atoms with E-state index >= 15 is 0 Å². The normalized spacial score (nSPS) is 42.1. The first-order valence-corrected chi connectivity index (χ1v) is 7.88. The monoisotopic (exact) mass is 376 g/mol. The summed E-state index contributed by atoms with van der Waals surface area (Å²) in [4.78, 5) is 17.2. The van der Waals surface area contributed by atoms with Crippen LogP contribution in [-0.4, -0.2) is 47.4 Å². The third-order valence-electron chi connectivity index (χ3n) is 5.88. The molecule has 0 saturated carbocycles. The fraction of sp³-hybridized carbons (Fsp3) is 0.933. The first kappa shape index (κ1) is 14.1. The summed E-state index contributed by atoms with van der Waals surface area (Å²) in [6.07, 6.45) is 8.64. The highest BCUT2D eigenvalue weighted by atomic mass is 127. The van der Waals surface area contributed by atoms with Gasteiger partial charge in [-0.05, 0) is 63.5 Å². The van der Waals surface area contributed by atoms with Crippen LogP contribution in [-0.2, 0) is 4.79 Å². The quantitative estimate of drug-likeness (QED) is 0.607. The van der Waals surface area contributed by atoms with E-state index in [1.54, 1.807) is 0 Å². The van der Waals surface area contributed by atoms with Crippen LogP contribution in [0.25, 0.3) is 0 Å². The minimum atomic E-state index is 0. The lowest BCUT2D eigenvalue weighted by atomic mass is 9.68. The highest BCUT2D eigenvalue weighted by Gasteiger charge is 2.50. The lowest BCUT2D eigenvalue weighted by Gasteiger charge is -2.58. The molecule has 0 aromatic heterocycles. The lowest BCUT2D eigenvalue weighted by Crippen LogP contribution is -2.66. The zero-order chi connectivity index (χ0) is 12.1. The van der Waals surface area contributed by atoms with Gasteiger partial charge in [-0.3, -0.25) is 9.69 Å². The van der Waals surface area contributed by atoms with Crippen LogP contribution in [0.1, 0.15) is 44.9 Å². The second-order valence-electron chi connectivity index (χ2n) is 6.74. The first-order chi connectivity index (χ1) is 8.84. The Balaban J connectivity index is 0.00000110. The standard InChI is InChI=1S/C15H24N2O.HI/c18-14-7-1-6-13-12-5-3-9-16-8-2-4-11(15(12)16)10-17(13)14;/h11-13,15H,1-10H2;1H. The molecule has 4 aliphatic heterocycles. The van der Waals surface area contributed by atoms with Gasteiger partial charge in [0.2, 0.25) is 5.91 Å². The van der Waals surface area contributed by atoms with Crippen molar-refractivity contribution in [2.24, 2.45) is 11.8 Å². The predicted molar refractivity (Wildman–Crippen MR) is 85.6 cm³/mol. The Labute approximate surface area is 133 Å². The highest BCUT2D eigenvalue weighted by Crippen LogP contribution is 2.44. The molecule has 0 spiro atoms. The van der Waals surface area contributed by atoms with E-state index in [1.807, 2.05) is 0 Å². The molecule has 19 heavy (non-hydrogen) atoms. The van der Waals surface area contributed by atoms with E-state index < -0.39 is 0 Å². The van der Waals surface area contributed by atoms with Crippen LogP contribution in [0.4, 0.5) is 0 Å². The van der Waals surface area contributed by atoms with Crippen molar-refractivity contribution in [1.29, 1.82) is 0 Å². The summed E-state index contributed by atoms with van der Waals surface area (Å²) in [7, 11) is 0. The molecular weight excluding hydrogens is 351 g/mol. The van der Waals surface area contributed by atoms with Crippen LogP contribution in [0.5, 0.6) is 0 Å². The molecule has 3 nitrogen and oxygen atoms in total. The fourth-order valence-corrected chi connectivity index (χ4v) is 5.26. The topological polar surface area (TPSA) is 23.6 Å². The van der Waals surface area contributed by atoms with Gasteiger partial charge >= 0.3 is 0 Å². The van der Waals surface area contributed by atoms with E-state index in [-0.39, 0.29) is 24.0 Å². The summed E-state index contributed by atoms with van der Waals surface area (Å²) >= 11 is 0. The zero-order valence-corrected chi connectivity index (χ0v) is 13.9. The van der Waals surface area contributed by atoms with Crippen molar-refractivity contribution in [3.63, 3.8) is 0 Å². The smallest absolute Gasteiger partial charge is 0.222 e. The van der Waals surface area contributed by atoms with Crippen molar-refractivity contribution in [1.82, 2.24) is 9.80 Å². The molecule has 1 amide bonds. The number of fused-ring (bicyclic) bond motifs is 2. The Kier molecular flexibility index (Phi) is 4.09. The molecule has 4 heterocycles. The van der Waals surface area contributed by atoms with Crippen LogP contribution in [0.15, 0.2) is 0 Å². The van der Waals surface area contributed by atoms with Crippen molar-refractivity contribution in [3.05, 3.63) is 0 Å². The minimum Gasteiger partial charge on any atom is -0.339 e. The van der Waals surface area contributed by atoms with E-state index in [0.29, 0.717) is 11.9 Å². The Morgan fingerprint density at radius 3 is 2.63 bits per heavy atom. The van der Waals surface area contributed by atoms with Crippen molar-refractivity contribution >= 4 is 29.9 Å². The van der Waals surface area contributed by atoms with E-state index in [2.05, 4.69) is 9.80 Å². The van der Waals surface area contributed by atoms with Crippen molar-refractivity contribution in [2.75, 3.05) is 19.6 Å². The number of nitrogens with zero attached hydrogens (tertiary/aromatic N) is 2. The summed E-state index contributed by atoms with van der Waals surface area (Å²) in [6.45, 7) is 3.71. The van der Waals surface area contributed by atoms with Crippen molar-refractivity contribution in [3.8, 4) is 0 Å². The van der Waals surface area contributed by atoms with Crippen molar-refractivity contribution < 1.29 is 4.79 Å². The maximum Gasteiger partial charge on any atom is 0.222 e. The molecule has 0 aliphatic carbocycles. The molecule has 4 heteroatoms. The molecule has 0 bridgehead atoms. The predicted octanol–water partition coefficient (Wildman–Crippen LogP) is 2.49. The molecule has 4 unspecified atom stereocenters. The van der Waals surface area contributed by atoms with E-state index in [9.17, 15) is 4.79 Å². The van der Waals surface area contributed by atoms with Gasteiger partial charge in [-0.15, -0.1) is 24.0 Å². The van der Waals surface area contributed by atoms with Crippen LogP contribution >= 0.6 is 24.0 Å². The second-order valence-corrected chi connectivity index (χ2v) is 6.74. The number of halogens is 1. The van der Waals surface area contributed by atoms with Crippen LogP contribution in [0, 0.1) is 11.8 Å². The minimum absolute atomic E-state index is 0. The van der Waals surface area contributed by atoms with E-state index in [1.165, 1.54) is 45.2 Å². The number of hydrogen-bond acceptors (Lipinski definition) is 2. The second kappa shape index (κ2) is 5.51. The summed E-state index contributed by atoms with van der Waals surface area (Å²) in [6, 6.07) is 1.41. The van der Waals surface area contributed by atoms with Gasteiger partial charge in [-0.25, -0.2) is 0 Å². The molecule has 4 fully saturated rings. The summed E-state index contributed by atoms with van der Waals surface area (Å²) in [5, 5.41) is 0. The summed E-state index contributed by atoms with van der Waals surface area (Å²) < 4.78 is 0. The Morgan fingerprint density at radius 2 is 1.79 bits per heavy atom. The molecule has 0 aromatic rings. The number of rotatable bonds is 0. The van der Waals surface area contributed by atoms with Crippen LogP contribution < -0.4 is 0 Å². The molecule has 4 saturated heterocycles. The van der Waals surface area contributed by atoms with Gasteiger partial charge in [0.1, 0.15) is 0 Å². The number of carbonyl (C=O) groups excluding carboxylic acids is 1. The van der Waals surface area contributed by atoms with Gasteiger partial charge in [0.05, 0.1) is 0 Å². The summed E-state index contributed by atoms with van der Waals surface area (Å²) in [5.74, 6) is 2.02. The van der Waals surface area contributed by atoms with Crippen LogP contribution in [0.2, 0.25) is 0 Å². The van der Waals surface area contributed by atoms with Crippen molar-refractivity contribution in [2.45, 2.75) is 57.0 Å². The highest BCUT2D eigenvalue weighted by molar-refractivity contribution is 14.0. The number of hydrogen-bond donors (Lipinski definition) is 0. The number of amides is 1. The van der Waals surface area contributed by atoms with Gasteiger partial charge in [-0.1, -0.05) is 0 Å². The maximum absolute atomic E-state index is 12.2. The number of piperidine rings is 4. The van der Waals surface area contributed by atoms with Gasteiger partial charge in [0.25, 0.3) is 0 Å². The molecule has 0 N–H and O–H groups in total. The first-order valence-electron chi connectivity index (χ1n) is 7.88.